The number of carbonyl (C=O) groups is 1. The summed E-state index contributed by atoms with van der Waals surface area (Å²) < 4.78 is 10.9. The van der Waals surface area contributed by atoms with Gasteiger partial charge >= 0.3 is 0 Å². The van der Waals surface area contributed by atoms with Crippen LogP contribution in [0.2, 0.25) is 0 Å². The van der Waals surface area contributed by atoms with Crippen LogP contribution >= 0.6 is 0 Å². The highest BCUT2D eigenvalue weighted by molar-refractivity contribution is 6.24. The Morgan fingerprint density at radius 2 is 1.66 bits per heavy atom. The van der Waals surface area contributed by atoms with Crippen molar-refractivity contribution in [3.8, 4) is 11.5 Å². The summed E-state index contributed by atoms with van der Waals surface area (Å²) in [6.07, 6.45) is 0. The van der Waals surface area contributed by atoms with Crippen LogP contribution in [0.1, 0.15) is 43.4 Å². The molecule has 6 heteroatoms. The van der Waals surface area contributed by atoms with E-state index in [9.17, 15) is 4.79 Å². The molecule has 1 aliphatic rings. The largest absolute Gasteiger partial charge is 0.493 e. The second-order valence-corrected chi connectivity index (χ2v) is 8.90. The molecule has 1 heterocycles. The van der Waals surface area contributed by atoms with Gasteiger partial charge < -0.3 is 14.8 Å². The third-order valence-corrected chi connectivity index (χ3v) is 6.44. The van der Waals surface area contributed by atoms with Crippen LogP contribution in [0.25, 0.3) is 0 Å². The first-order valence-corrected chi connectivity index (χ1v) is 12.0. The van der Waals surface area contributed by atoms with Gasteiger partial charge in [0.15, 0.2) is 11.5 Å². The lowest BCUT2D eigenvalue weighted by atomic mass is 9.90. The number of ether oxygens (including phenoxy) is 2. The van der Waals surface area contributed by atoms with Crippen molar-refractivity contribution in [1.82, 2.24) is 4.90 Å². The summed E-state index contributed by atoms with van der Waals surface area (Å²) in [6, 6.07) is 22.3. The van der Waals surface area contributed by atoms with Crippen LogP contribution in [-0.2, 0) is 11.3 Å². The van der Waals surface area contributed by atoms with Crippen LogP contribution < -0.4 is 14.8 Å². The Balaban J connectivity index is 1.75. The van der Waals surface area contributed by atoms with E-state index in [-0.39, 0.29) is 5.91 Å². The Morgan fingerprint density at radius 3 is 2.26 bits per heavy atom. The van der Waals surface area contributed by atoms with Crippen molar-refractivity contribution in [2.75, 3.05) is 26.1 Å². The molecule has 3 aromatic carbocycles. The standard InChI is InChI=1S/C29H33N3O3/c1-6-32(19(2)3)18-20-12-14-22(15-13-20)30-28(21-10-8-7-9-11-21)27-23-16-25(34-4)26(35-5)17-24(23)31-29(27)33/h7-17,19,27H,6,18H2,1-5H3,(H,31,33). The lowest BCUT2D eigenvalue weighted by molar-refractivity contribution is -0.115. The van der Waals surface area contributed by atoms with Crippen molar-refractivity contribution in [3.63, 3.8) is 0 Å². The van der Waals surface area contributed by atoms with Crippen molar-refractivity contribution in [3.05, 3.63) is 83.4 Å². The molecule has 1 amide bonds. The highest BCUT2D eigenvalue weighted by atomic mass is 16.5. The molecule has 0 aromatic heterocycles. The summed E-state index contributed by atoms with van der Waals surface area (Å²) in [5.41, 5.74) is 5.17. The number of hydrogen-bond donors (Lipinski definition) is 1. The molecule has 1 N–H and O–H groups in total. The maximum absolute atomic E-state index is 13.2. The zero-order valence-corrected chi connectivity index (χ0v) is 21.0. The molecule has 182 valence electrons. The molecule has 1 aliphatic heterocycles. The fourth-order valence-electron chi connectivity index (χ4n) is 4.47. The monoisotopic (exact) mass is 471 g/mol. The molecule has 0 radical (unpaired) electrons. The number of benzene rings is 3. The Bertz CT molecular complexity index is 1200. The van der Waals surface area contributed by atoms with Crippen LogP contribution in [0.15, 0.2) is 71.7 Å². The van der Waals surface area contributed by atoms with E-state index in [0.29, 0.717) is 28.9 Å². The number of carbonyl (C=O) groups excluding carboxylic acids is 1. The second-order valence-electron chi connectivity index (χ2n) is 8.90. The number of amides is 1. The van der Waals surface area contributed by atoms with Crippen LogP contribution in [0.5, 0.6) is 11.5 Å². The summed E-state index contributed by atoms with van der Waals surface area (Å²) >= 11 is 0. The van der Waals surface area contributed by atoms with Gasteiger partial charge in [-0.3, -0.25) is 14.7 Å². The normalized spacial score (nSPS) is 15.3. The number of aliphatic imine (C=N–C) groups is 1. The van der Waals surface area contributed by atoms with Crippen LogP contribution in [0, 0.1) is 0 Å². The summed E-state index contributed by atoms with van der Waals surface area (Å²) in [5.74, 6) is 0.465. The van der Waals surface area contributed by atoms with Crippen molar-refractivity contribution < 1.29 is 14.3 Å². The molecule has 35 heavy (non-hydrogen) atoms. The van der Waals surface area contributed by atoms with E-state index in [2.05, 4.69) is 43.1 Å². The van der Waals surface area contributed by atoms with E-state index < -0.39 is 5.92 Å². The Labute approximate surface area is 207 Å². The average molecular weight is 472 g/mol. The molecule has 6 nitrogen and oxygen atoms in total. The number of methoxy groups -OCH3 is 2. The summed E-state index contributed by atoms with van der Waals surface area (Å²) in [7, 11) is 3.18. The first-order chi connectivity index (χ1) is 16.9. The molecule has 0 saturated heterocycles. The molecule has 1 atom stereocenters. The van der Waals surface area contributed by atoms with E-state index in [1.165, 1.54) is 5.56 Å². The predicted molar refractivity (Wildman–Crippen MR) is 141 cm³/mol. The van der Waals surface area contributed by atoms with Crippen LogP contribution in [-0.4, -0.2) is 43.3 Å². The second kappa shape index (κ2) is 10.7. The number of rotatable bonds is 9. The molecular weight excluding hydrogens is 438 g/mol. The predicted octanol–water partition coefficient (Wildman–Crippen LogP) is 5.79. The summed E-state index contributed by atoms with van der Waals surface area (Å²) in [4.78, 5) is 20.6. The van der Waals surface area contributed by atoms with E-state index in [0.717, 1.165) is 29.9 Å². The molecular formula is C29H33N3O3. The maximum Gasteiger partial charge on any atom is 0.238 e. The number of anilines is 1. The zero-order chi connectivity index (χ0) is 24.9. The molecule has 0 fully saturated rings. The quantitative estimate of drug-likeness (QED) is 0.401. The van der Waals surface area contributed by atoms with Gasteiger partial charge in [0.25, 0.3) is 0 Å². The van der Waals surface area contributed by atoms with Gasteiger partial charge in [-0.25, -0.2) is 0 Å². The van der Waals surface area contributed by atoms with Crippen molar-refractivity contribution in [2.45, 2.75) is 39.3 Å². The Kier molecular flexibility index (Phi) is 7.51. The van der Waals surface area contributed by atoms with Gasteiger partial charge in [0.2, 0.25) is 5.91 Å². The molecule has 4 rings (SSSR count). The van der Waals surface area contributed by atoms with Crippen molar-refractivity contribution in [1.29, 1.82) is 0 Å². The minimum atomic E-state index is -0.566. The van der Waals surface area contributed by atoms with E-state index in [4.69, 9.17) is 14.5 Å². The average Bonchev–Trinajstić information content (AvgIpc) is 3.20. The lowest BCUT2D eigenvalue weighted by Gasteiger charge is -2.24. The smallest absolute Gasteiger partial charge is 0.238 e. The number of fused-ring (bicyclic) bond motifs is 1. The van der Waals surface area contributed by atoms with Crippen LogP contribution in [0.4, 0.5) is 11.4 Å². The highest BCUT2D eigenvalue weighted by Gasteiger charge is 2.36. The first-order valence-electron chi connectivity index (χ1n) is 12.0. The third kappa shape index (κ3) is 5.23. The lowest BCUT2D eigenvalue weighted by Crippen LogP contribution is -2.29. The van der Waals surface area contributed by atoms with Gasteiger partial charge in [-0.15, -0.1) is 0 Å². The fourth-order valence-corrected chi connectivity index (χ4v) is 4.47. The minimum absolute atomic E-state index is 0.120. The van der Waals surface area contributed by atoms with Gasteiger partial charge in [-0.2, -0.15) is 0 Å². The van der Waals surface area contributed by atoms with E-state index >= 15 is 0 Å². The zero-order valence-electron chi connectivity index (χ0n) is 21.0. The van der Waals surface area contributed by atoms with Gasteiger partial charge in [-0.05, 0) is 55.3 Å². The van der Waals surface area contributed by atoms with E-state index in [1.807, 2.05) is 48.5 Å². The Morgan fingerprint density at radius 1 is 1.00 bits per heavy atom. The van der Waals surface area contributed by atoms with Gasteiger partial charge in [0, 0.05) is 24.3 Å². The van der Waals surface area contributed by atoms with Crippen molar-refractivity contribution >= 4 is 23.0 Å². The van der Waals surface area contributed by atoms with Crippen LogP contribution in [0.3, 0.4) is 0 Å². The molecule has 1 unspecified atom stereocenters. The topological polar surface area (TPSA) is 63.2 Å². The fraction of sp³-hybridized carbons (Fsp3) is 0.310. The minimum Gasteiger partial charge on any atom is -0.493 e. The van der Waals surface area contributed by atoms with Gasteiger partial charge in [-0.1, -0.05) is 49.4 Å². The maximum atomic E-state index is 13.2. The van der Waals surface area contributed by atoms with E-state index in [1.54, 1.807) is 20.3 Å². The number of nitrogens with zero attached hydrogens (tertiary/aromatic N) is 2. The summed E-state index contributed by atoms with van der Waals surface area (Å²) in [6.45, 7) is 8.50. The third-order valence-electron chi connectivity index (χ3n) is 6.44. The molecule has 0 spiro atoms. The van der Waals surface area contributed by atoms with Gasteiger partial charge in [0.1, 0.15) is 5.92 Å². The Hall–Kier alpha value is -3.64. The SMILES string of the molecule is CCN(Cc1ccc(N=C(c2ccccc2)C2C(=O)Nc3cc(OC)c(OC)cc32)cc1)C(C)C. The molecule has 3 aromatic rings. The number of hydrogen-bond acceptors (Lipinski definition) is 5. The summed E-state index contributed by atoms with van der Waals surface area (Å²) in [5, 5.41) is 3.00. The highest BCUT2D eigenvalue weighted by Crippen LogP contribution is 2.42. The molecule has 0 aliphatic carbocycles. The van der Waals surface area contributed by atoms with Crippen molar-refractivity contribution in [2.24, 2.45) is 4.99 Å². The van der Waals surface area contributed by atoms with Gasteiger partial charge in [0.05, 0.1) is 25.6 Å². The first kappa shape index (κ1) is 24.5. The number of nitrogens with one attached hydrogen (secondary N) is 1. The molecule has 0 bridgehead atoms. The molecule has 0 saturated carbocycles.